The zero-order valence-corrected chi connectivity index (χ0v) is 14.2. The van der Waals surface area contributed by atoms with Crippen LogP contribution in [-0.2, 0) is 10.1 Å². The number of hydrogen-bond acceptors (Lipinski definition) is 7. The Labute approximate surface area is 145 Å². The van der Waals surface area contributed by atoms with Crippen LogP contribution in [0.25, 0.3) is 0 Å². The highest BCUT2D eigenvalue weighted by Gasteiger charge is 2.26. The number of carbonyl (C=O) groups is 2. The molecule has 2 rings (SSSR count). The van der Waals surface area contributed by atoms with Gasteiger partial charge in [0.15, 0.2) is 0 Å². The molecule has 138 valence electrons. The lowest BCUT2D eigenvalue weighted by Crippen LogP contribution is -3.16. The third-order valence-electron chi connectivity index (χ3n) is 4.02. The Morgan fingerprint density at radius 2 is 1.84 bits per heavy atom. The Kier molecular flexibility index (Phi) is 6.11. The number of carboxylic acid groups (broad SMARTS) is 1. The van der Waals surface area contributed by atoms with E-state index < -0.39 is 27.9 Å². The number of quaternary nitrogens is 1. The van der Waals surface area contributed by atoms with Gasteiger partial charge in [-0.25, -0.2) is 8.42 Å². The largest absolute Gasteiger partial charge is 0.748 e. The zero-order valence-electron chi connectivity index (χ0n) is 13.4. The summed E-state index contributed by atoms with van der Waals surface area (Å²) in [5.74, 6) is -2.48. The molecule has 1 atom stereocenters. The van der Waals surface area contributed by atoms with Crippen molar-refractivity contribution in [2.45, 2.75) is 6.10 Å². The first kappa shape index (κ1) is 19.3. The molecule has 0 aromatic heterocycles. The van der Waals surface area contributed by atoms with E-state index in [0.717, 1.165) is 4.90 Å². The first-order valence-electron chi connectivity index (χ1n) is 7.71. The minimum absolute atomic E-state index is 0.0722. The molecule has 2 N–H and O–H groups in total. The second-order valence-corrected chi connectivity index (χ2v) is 7.44. The van der Waals surface area contributed by atoms with Crippen molar-refractivity contribution in [1.29, 1.82) is 0 Å². The highest BCUT2D eigenvalue weighted by Crippen LogP contribution is 2.08. The van der Waals surface area contributed by atoms with Gasteiger partial charge in [0.25, 0.3) is 5.91 Å². The van der Waals surface area contributed by atoms with Gasteiger partial charge in [-0.2, -0.15) is 0 Å². The molecule has 10 heteroatoms. The predicted octanol–water partition coefficient (Wildman–Crippen LogP) is -3.70. The average molecular weight is 371 g/mol. The van der Waals surface area contributed by atoms with Crippen LogP contribution in [0, 0.1) is 0 Å². The van der Waals surface area contributed by atoms with E-state index in [4.69, 9.17) is 0 Å². The van der Waals surface area contributed by atoms with E-state index in [1.165, 1.54) is 24.3 Å². The first-order chi connectivity index (χ1) is 11.7. The van der Waals surface area contributed by atoms with Gasteiger partial charge < -0.3 is 29.4 Å². The molecule has 1 aliphatic heterocycles. The summed E-state index contributed by atoms with van der Waals surface area (Å²) in [5, 5.41) is 20.5. The summed E-state index contributed by atoms with van der Waals surface area (Å²) in [6, 6.07) is 5.61. The number of carboxylic acids is 1. The summed E-state index contributed by atoms with van der Waals surface area (Å²) in [5.41, 5.74) is 0.180. The summed E-state index contributed by atoms with van der Waals surface area (Å²) in [6.07, 6.45) is -1.24. The lowest BCUT2D eigenvalue weighted by Gasteiger charge is -2.33. The topological polar surface area (TPSA) is 142 Å². The number of carbonyl (C=O) groups excluding carboxylic acids is 2. The van der Waals surface area contributed by atoms with Crippen LogP contribution in [0.5, 0.6) is 0 Å². The lowest BCUT2D eigenvalue weighted by molar-refractivity contribution is -0.906. The third kappa shape index (κ3) is 5.78. The molecule has 9 nitrogen and oxygen atoms in total. The molecule has 1 saturated heterocycles. The third-order valence-corrected chi connectivity index (χ3v) is 4.82. The second-order valence-electron chi connectivity index (χ2n) is 5.99. The van der Waals surface area contributed by atoms with Crippen molar-refractivity contribution in [3.05, 3.63) is 35.4 Å². The number of benzene rings is 1. The molecule has 0 bridgehead atoms. The maximum atomic E-state index is 12.4. The van der Waals surface area contributed by atoms with Crippen LogP contribution in [0.2, 0.25) is 0 Å². The molecule has 0 unspecified atom stereocenters. The lowest BCUT2D eigenvalue weighted by atomic mass is 10.1. The summed E-state index contributed by atoms with van der Waals surface area (Å²) in [4.78, 5) is 25.7. The number of aliphatic hydroxyl groups is 1. The van der Waals surface area contributed by atoms with E-state index in [0.29, 0.717) is 26.2 Å². The van der Waals surface area contributed by atoms with Gasteiger partial charge in [-0.05, 0) is 17.7 Å². The number of amides is 1. The molecule has 0 radical (unpaired) electrons. The van der Waals surface area contributed by atoms with Crippen molar-refractivity contribution in [3.8, 4) is 0 Å². The van der Waals surface area contributed by atoms with E-state index in [1.807, 2.05) is 0 Å². The Balaban J connectivity index is 1.90. The molecule has 0 spiro atoms. The number of hydrogen-bond donors (Lipinski definition) is 2. The molecular formula is C15H19N2O7S-. The molecule has 25 heavy (non-hydrogen) atoms. The van der Waals surface area contributed by atoms with Crippen LogP contribution in [0.4, 0.5) is 0 Å². The second kappa shape index (κ2) is 7.91. The monoisotopic (exact) mass is 371 g/mol. The molecule has 1 aromatic carbocycles. The SMILES string of the molecule is O=C([O-])c1cccc(C(=O)N2CC[NH+](C[C@H](O)CS(=O)(=O)[O-])CC2)c1. The first-order valence-corrected chi connectivity index (χ1v) is 9.29. The van der Waals surface area contributed by atoms with Gasteiger partial charge in [-0.1, -0.05) is 12.1 Å². The van der Waals surface area contributed by atoms with E-state index in [2.05, 4.69) is 0 Å². The van der Waals surface area contributed by atoms with E-state index >= 15 is 0 Å². The van der Waals surface area contributed by atoms with Gasteiger partial charge in [-0.15, -0.1) is 0 Å². The van der Waals surface area contributed by atoms with Gasteiger partial charge in [0.05, 0.1) is 48.0 Å². The van der Waals surface area contributed by atoms with Crippen LogP contribution in [0.15, 0.2) is 24.3 Å². The van der Waals surface area contributed by atoms with Crippen molar-refractivity contribution in [2.75, 3.05) is 38.5 Å². The van der Waals surface area contributed by atoms with Crippen LogP contribution in [0.1, 0.15) is 20.7 Å². The molecule has 0 aliphatic carbocycles. The summed E-state index contributed by atoms with van der Waals surface area (Å²) >= 11 is 0. The Bertz CT molecular complexity index is 742. The molecule has 1 heterocycles. The molecule has 1 amide bonds. The van der Waals surface area contributed by atoms with Gasteiger partial charge in [0.1, 0.15) is 12.6 Å². The Hall–Kier alpha value is -2.01. The van der Waals surface area contributed by atoms with Crippen LogP contribution >= 0.6 is 0 Å². The number of aliphatic hydroxyl groups excluding tert-OH is 1. The predicted molar refractivity (Wildman–Crippen MR) is 82.8 cm³/mol. The maximum absolute atomic E-state index is 12.4. The minimum Gasteiger partial charge on any atom is -0.748 e. The van der Waals surface area contributed by atoms with Crippen molar-refractivity contribution < 1.29 is 37.7 Å². The highest BCUT2D eigenvalue weighted by atomic mass is 32.2. The van der Waals surface area contributed by atoms with Crippen LogP contribution in [0.3, 0.4) is 0 Å². The fraction of sp³-hybridized carbons (Fsp3) is 0.467. The summed E-state index contributed by atoms with van der Waals surface area (Å²) in [6.45, 7) is 1.84. The normalized spacial score (nSPS) is 17.3. The van der Waals surface area contributed by atoms with Crippen molar-refractivity contribution in [3.63, 3.8) is 0 Å². The Morgan fingerprint density at radius 3 is 2.40 bits per heavy atom. The number of aromatic carboxylic acids is 1. The van der Waals surface area contributed by atoms with Crippen molar-refractivity contribution >= 4 is 22.0 Å². The molecule has 0 saturated carbocycles. The number of nitrogens with zero attached hydrogens (tertiary/aromatic N) is 1. The van der Waals surface area contributed by atoms with Crippen LogP contribution < -0.4 is 10.0 Å². The van der Waals surface area contributed by atoms with Gasteiger partial charge in [-0.3, -0.25) is 4.79 Å². The van der Waals surface area contributed by atoms with Gasteiger partial charge >= 0.3 is 0 Å². The quantitative estimate of drug-likeness (QED) is 0.490. The standard InChI is InChI=1S/C15H20N2O7S/c18-13(10-25(22,23)24)9-16-4-6-17(7-5-16)14(19)11-2-1-3-12(8-11)15(20)21/h1-3,8,13,18H,4-7,9-10H2,(H,20,21)(H,22,23,24)/p-1/t13-/m0/s1. The van der Waals surface area contributed by atoms with E-state index in [-0.39, 0.29) is 23.6 Å². The van der Waals surface area contributed by atoms with E-state index in [1.54, 1.807) is 4.90 Å². The van der Waals surface area contributed by atoms with Gasteiger partial charge in [0, 0.05) is 5.56 Å². The number of rotatable bonds is 6. The summed E-state index contributed by atoms with van der Waals surface area (Å²) < 4.78 is 31.9. The minimum atomic E-state index is -4.48. The van der Waals surface area contributed by atoms with Crippen LogP contribution in [-0.4, -0.2) is 79.4 Å². The van der Waals surface area contributed by atoms with E-state index in [9.17, 15) is 32.8 Å². The molecule has 1 aliphatic rings. The van der Waals surface area contributed by atoms with Crippen molar-refractivity contribution in [2.24, 2.45) is 0 Å². The number of piperazine rings is 1. The molecule has 1 fully saturated rings. The summed E-state index contributed by atoms with van der Waals surface area (Å²) in [7, 11) is -4.48. The fourth-order valence-electron chi connectivity index (χ4n) is 2.82. The smallest absolute Gasteiger partial charge is 0.254 e. The van der Waals surface area contributed by atoms with Gasteiger partial charge in [0.2, 0.25) is 0 Å². The zero-order chi connectivity index (χ0) is 18.6. The van der Waals surface area contributed by atoms with Crippen molar-refractivity contribution in [1.82, 2.24) is 4.90 Å². The average Bonchev–Trinajstić information content (AvgIpc) is 2.53. The highest BCUT2D eigenvalue weighted by molar-refractivity contribution is 7.85. The Morgan fingerprint density at radius 1 is 1.24 bits per heavy atom. The molecular weight excluding hydrogens is 352 g/mol. The molecule has 1 aromatic rings. The fourth-order valence-corrected chi connectivity index (χ4v) is 3.41. The maximum Gasteiger partial charge on any atom is 0.254 e. The number of nitrogens with one attached hydrogen (secondary N) is 1.